The second-order valence-corrected chi connectivity index (χ2v) is 6.97. The number of aliphatic hydroxyl groups excluding tert-OH is 1. The smallest absolute Gasteiger partial charge is 0.262 e. The summed E-state index contributed by atoms with van der Waals surface area (Å²) in [7, 11) is 0. The Morgan fingerprint density at radius 2 is 1.89 bits per heavy atom. The predicted molar refractivity (Wildman–Crippen MR) is 99.1 cm³/mol. The first-order valence-electron chi connectivity index (χ1n) is 9.34. The number of nitrogens with one attached hydrogen (secondary N) is 1. The van der Waals surface area contributed by atoms with E-state index in [0.29, 0.717) is 26.2 Å². The third-order valence-corrected chi connectivity index (χ3v) is 5.01. The highest BCUT2D eigenvalue weighted by Gasteiger charge is 2.44. The molecule has 0 spiro atoms. The van der Waals surface area contributed by atoms with Gasteiger partial charge in [-0.15, -0.1) is 0 Å². The Kier molecular flexibility index (Phi) is 6.18. The molecule has 1 atom stereocenters. The Bertz CT molecular complexity index is 810. The molecule has 0 bridgehead atoms. The fourth-order valence-corrected chi connectivity index (χ4v) is 3.60. The first kappa shape index (κ1) is 20.1. The van der Waals surface area contributed by atoms with Crippen LogP contribution in [0.1, 0.15) is 45.5 Å². The number of nitrogens with zero attached hydrogens (tertiary/aromatic N) is 2. The van der Waals surface area contributed by atoms with Gasteiger partial charge in [0.05, 0.1) is 17.7 Å². The molecule has 1 aromatic carbocycles. The number of benzene rings is 1. The largest absolute Gasteiger partial charge is 0.395 e. The van der Waals surface area contributed by atoms with Crippen molar-refractivity contribution in [2.45, 2.75) is 31.8 Å². The zero-order chi connectivity index (χ0) is 20.3. The average Bonchev–Trinajstić information content (AvgIpc) is 2.91. The first-order valence-corrected chi connectivity index (χ1v) is 9.34. The van der Waals surface area contributed by atoms with Gasteiger partial charge in [-0.25, -0.2) is 0 Å². The van der Waals surface area contributed by atoms with Crippen LogP contribution in [-0.4, -0.2) is 70.8 Å². The number of carbonyl (C=O) groups excluding carboxylic acids is 4. The quantitative estimate of drug-likeness (QED) is 0.498. The number of fused-ring (bicyclic) bond motifs is 1. The molecule has 150 valence electrons. The molecule has 28 heavy (non-hydrogen) atoms. The number of carbonyl (C=O) groups is 4. The molecular formula is C19H24N4O5. The van der Waals surface area contributed by atoms with Gasteiger partial charge in [0, 0.05) is 19.5 Å². The van der Waals surface area contributed by atoms with E-state index in [0.717, 1.165) is 16.9 Å². The van der Waals surface area contributed by atoms with Gasteiger partial charge in [0.2, 0.25) is 11.8 Å². The van der Waals surface area contributed by atoms with Gasteiger partial charge in [-0.3, -0.25) is 34.3 Å². The topological polar surface area (TPSA) is 133 Å². The van der Waals surface area contributed by atoms with E-state index in [4.69, 9.17) is 5.73 Å². The second-order valence-electron chi connectivity index (χ2n) is 6.97. The first-order chi connectivity index (χ1) is 13.5. The molecule has 9 nitrogen and oxygen atoms in total. The number of nitrogens with two attached hydrogens (primary N) is 1. The molecule has 0 aromatic heterocycles. The van der Waals surface area contributed by atoms with Gasteiger partial charge in [-0.1, -0.05) is 6.07 Å². The van der Waals surface area contributed by atoms with Crippen LogP contribution in [0.2, 0.25) is 0 Å². The van der Waals surface area contributed by atoms with Crippen molar-refractivity contribution < 1.29 is 24.3 Å². The highest BCUT2D eigenvalue weighted by molar-refractivity contribution is 6.23. The third-order valence-electron chi connectivity index (χ3n) is 5.01. The van der Waals surface area contributed by atoms with Gasteiger partial charge in [-0.05, 0) is 43.6 Å². The fraction of sp³-hybridized carbons (Fsp3) is 0.474. The monoisotopic (exact) mass is 388 g/mol. The van der Waals surface area contributed by atoms with Gasteiger partial charge in [0.25, 0.3) is 11.8 Å². The molecule has 1 aromatic rings. The molecule has 4 amide bonds. The van der Waals surface area contributed by atoms with Crippen molar-refractivity contribution in [1.82, 2.24) is 15.1 Å². The Balaban J connectivity index is 1.79. The highest BCUT2D eigenvalue weighted by Crippen LogP contribution is 2.28. The predicted octanol–water partition coefficient (Wildman–Crippen LogP) is -0.769. The van der Waals surface area contributed by atoms with Crippen LogP contribution in [-0.2, 0) is 16.1 Å². The van der Waals surface area contributed by atoms with Crippen molar-refractivity contribution in [1.29, 1.82) is 0 Å². The molecular weight excluding hydrogens is 364 g/mol. The summed E-state index contributed by atoms with van der Waals surface area (Å²) in [5.74, 6) is -2.06. The molecule has 9 heteroatoms. The summed E-state index contributed by atoms with van der Waals surface area (Å²) in [4.78, 5) is 51.9. The standard InChI is InChI=1S/C19H24N4O5/c20-6-1-7-22(8-9-24)11-12-2-3-13-14(10-12)19(28)23(18(13)27)15-4-5-16(25)21-17(15)26/h2-3,10,15,24H,1,4-9,11,20H2,(H,21,25,26). The SMILES string of the molecule is NCCCN(CCO)Cc1ccc2c(c1)C(=O)N(C1CCC(=O)NC1=O)C2=O. The van der Waals surface area contributed by atoms with Crippen LogP contribution < -0.4 is 11.1 Å². The summed E-state index contributed by atoms with van der Waals surface area (Å²) in [6.45, 7) is 2.25. The highest BCUT2D eigenvalue weighted by atomic mass is 16.3. The fourth-order valence-electron chi connectivity index (χ4n) is 3.60. The number of aliphatic hydroxyl groups is 1. The number of amides is 4. The van der Waals surface area contributed by atoms with Gasteiger partial charge in [0.15, 0.2) is 0 Å². The molecule has 4 N–H and O–H groups in total. The van der Waals surface area contributed by atoms with E-state index in [9.17, 15) is 24.3 Å². The maximum atomic E-state index is 12.8. The van der Waals surface area contributed by atoms with E-state index in [1.807, 2.05) is 4.90 Å². The van der Waals surface area contributed by atoms with Crippen LogP contribution >= 0.6 is 0 Å². The third kappa shape index (κ3) is 3.96. The molecule has 1 unspecified atom stereocenters. The zero-order valence-corrected chi connectivity index (χ0v) is 15.5. The Hall–Kier alpha value is -2.62. The van der Waals surface area contributed by atoms with Gasteiger partial charge < -0.3 is 10.8 Å². The lowest BCUT2D eigenvalue weighted by molar-refractivity contribution is -0.136. The van der Waals surface area contributed by atoms with E-state index in [-0.39, 0.29) is 30.6 Å². The number of imide groups is 2. The van der Waals surface area contributed by atoms with E-state index in [2.05, 4.69) is 5.32 Å². The minimum absolute atomic E-state index is 0.0101. The summed E-state index contributed by atoms with van der Waals surface area (Å²) in [6.07, 6.45) is 1.00. The number of rotatable bonds is 8. The minimum Gasteiger partial charge on any atom is -0.395 e. The van der Waals surface area contributed by atoms with E-state index < -0.39 is 29.7 Å². The van der Waals surface area contributed by atoms with Gasteiger partial charge in [-0.2, -0.15) is 0 Å². The summed E-state index contributed by atoms with van der Waals surface area (Å²) in [6, 6.07) is 4.06. The van der Waals surface area contributed by atoms with Crippen LogP contribution in [0.3, 0.4) is 0 Å². The molecule has 2 heterocycles. The Morgan fingerprint density at radius 1 is 1.14 bits per heavy atom. The molecule has 2 aliphatic rings. The molecule has 2 aliphatic heterocycles. The normalized spacial score (nSPS) is 19.4. The molecule has 0 saturated carbocycles. The van der Waals surface area contributed by atoms with Crippen LogP contribution in [0, 0.1) is 0 Å². The summed E-state index contributed by atoms with van der Waals surface area (Å²) in [5.41, 5.74) is 6.90. The molecule has 0 radical (unpaired) electrons. The second kappa shape index (κ2) is 8.59. The molecule has 3 rings (SSSR count). The van der Waals surface area contributed by atoms with Crippen molar-refractivity contribution in [3.05, 3.63) is 34.9 Å². The van der Waals surface area contributed by atoms with E-state index in [1.165, 1.54) is 0 Å². The van der Waals surface area contributed by atoms with Gasteiger partial charge in [0.1, 0.15) is 6.04 Å². The van der Waals surface area contributed by atoms with E-state index in [1.54, 1.807) is 18.2 Å². The molecule has 0 aliphatic carbocycles. The number of piperidine rings is 1. The maximum Gasteiger partial charge on any atom is 0.262 e. The maximum absolute atomic E-state index is 12.8. The van der Waals surface area contributed by atoms with Crippen LogP contribution in [0.5, 0.6) is 0 Å². The lowest BCUT2D eigenvalue weighted by Crippen LogP contribution is -2.54. The van der Waals surface area contributed by atoms with Crippen molar-refractivity contribution >= 4 is 23.6 Å². The van der Waals surface area contributed by atoms with Crippen molar-refractivity contribution in [2.24, 2.45) is 5.73 Å². The van der Waals surface area contributed by atoms with Crippen molar-refractivity contribution in [3.63, 3.8) is 0 Å². The number of hydrogen-bond donors (Lipinski definition) is 3. The number of hydrogen-bond acceptors (Lipinski definition) is 7. The van der Waals surface area contributed by atoms with E-state index >= 15 is 0 Å². The summed E-state index contributed by atoms with van der Waals surface area (Å²) >= 11 is 0. The lowest BCUT2D eigenvalue weighted by atomic mass is 10.0. The Morgan fingerprint density at radius 3 is 2.57 bits per heavy atom. The Labute approximate surface area is 162 Å². The molecule has 1 saturated heterocycles. The van der Waals surface area contributed by atoms with Crippen molar-refractivity contribution in [2.75, 3.05) is 26.2 Å². The van der Waals surface area contributed by atoms with Gasteiger partial charge >= 0.3 is 0 Å². The lowest BCUT2D eigenvalue weighted by Gasteiger charge is -2.27. The zero-order valence-electron chi connectivity index (χ0n) is 15.5. The van der Waals surface area contributed by atoms with Crippen molar-refractivity contribution in [3.8, 4) is 0 Å². The van der Waals surface area contributed by atoms with Crippen LogP contribution in [0.4, 0.5) is 0 Å². The average molecular weight is 388 g/mol. The minimum atomic E-state index is -0.969. The summed E-state index contributed by atoms with van der Waals surface area (Å²) < 4.78 is 0. The summed E-state index contributed by atoms with van der Waals surface area (Å²) in [5, 5.41) is 11.4. The van der Waals surface area contributed by atoms with Crippen LogP contribution in [0.25, 0.3) is 0 Å². The molecule has 1 fully saturated rings. The van der Waals surface area contributed by atoms with Crippen LogP contribution in [0.15, 0.2) is 18.2 Å².